The Labute approximate surface area is 105 Å². The van der Waals surface area contributed by atoms with Crippen molar-refractivity contribution in [3.05, 3.63) is 71.3 Å². The third kappa shape index (κ3) is 2.57. The van der Waals surface area contributed by atoms with Gasteiger partial charge >= 0.3 is 0 Å². The zero-order valence-corrected chi connectivity index (χ0v) is 10.0. The van der Waals surface area contributed by atoms with Crippen molar-refractivity contribution in [3.8, 4) is 0 Å². The summed E-state index contributed by atoms with van der Waals surface area (Å²) in [6.45, 7) is 1.48. The number of rotatable bonds is 3. The van der Waals surface area contributed by atoms with Crippen LogP contribution < -0.4 is 0 Å². The molecule has 0 spiro atoms. The van der Waals surface area contributed by atoms with Crippen LogP contribution in [0.15, 0.2) is 48.5 Å². The Kier molecular flexibility index (Phi) is 3.43. The average molecular weight is 248 g/mol. The van der Waals surface area contributed by atoms with Gasteiger partial charge in [0, 0.05) is 12.0 Å². The maximum Gasteiger partial charge on any atom is 0.129 e. The van der Waals surface area contributed by atoms with E-state index in [1.54, 1.807) is 30.3 Å². The summed E-state index contributed by atoms with van der Waals surface area (Å²) < 4.78 is 27.2. The first-order valence-corrected chi connectivity index (χ1v) is 5.71. The van der Waals surface area contributed by atoms with Gasteiger partial charge in [0.15, 0.2) is 0 Å². The van der Waals surface area contributed by atoms with Crippen molar-refractivity contribution in [1.82, 2.24) is 0 Å². The molecule has 0 heterocycles. The zero-order chi connectivity index (χ0) is 13.2. The van der Waals surface area contributed by atoms with Gasteiger partial charge in [-0.15, -0.1) is 0 Å². The fourth-order valence-electron chi connectivity index (χ4n) is 2.01. The molecule has 0 radical (unpaired) electrons. The van der Waals surface area contributed by atoms with Gasteiger partial charge in [-0.1, -0.05) is 36.4 Å². The van der Waals surface area contributed by atoms with Crippen LogP contribution in [0.4, 0.5) is 8.78 Å². The highest BCUT2D eigenvalue weighted by atomic mass is 19.1. The average Bonchev–Trinajstić information content (AvgIpc) is 2.32. The van der Waals surface area contributed by atoms with Crippen LogP contribution in [-0.2, 0) is 12.0 Å². The van der Waals surface area contributed by atoms with Crippen molar-refractivity contribution in [2.75, 3.05) is 0 Å². The van der Waals surface area contributed by atoms with Crippen molar-refractivity contribution >= 4 is 0 Å². The second kappa shape index (κ2) is 4.86. The molecule has 2 aromatic carbocycles. The van der Waals surface area contributed by atoms with E-state index in [0.29, 0.717) is 5.56 Å². The number of halogens is 2. The lowest BCUT2D eigenvalue weighted by Crippen LogP contribution is -2.26. The summed E-state index contributed by atoms with van der Waals surface area (Å²) >= 11 is 0. The number of hydrogen-bond acceptors (Lipinski definition) is 1. The van der Waals surface area contributed by atoms with Crippen LogP contribution >= 0.6 is 0 Å². The number of benzene rings is 2. The van der Waals surface area contributed by atoms with E-state index in [2.05, 4.69) is 0 Å². The third-order valence-electron chi connectivity index (χ3n) is 2.95. The highest BCUT2D eigenvalue weighted by Gasteiger charge is 2.27. The van der Waals surface area contributed by atoms with Gasteiger partial charge in [-0.3, -0.25) is 0 Å². The summed E-state index contributed by atoms with van der Waals surface area (Å²) in [4.78, 5) is 0. The van der Waals surface area contributed by atoms with Crippen LogP contribution in [0.3, 0.4) is 0 Å². The van der Waals surface area contributed by atoms with Gasteiger partial charge in [-0.2, -0.15) is 0 Å². The molecule has 1 N–H and O–H groups in total. The molecular weight excluding hydrogens is 234 g/mol. The molecule has 18 heavy (non-hydrogen) atoms. The monoisotopic (exact) mass is 248 g/mol. The van der Waals surface area contributed by atoms with E-state index < -0.39 is 17.2 Å². The minimum Gasteiger partial charge on any atom is -0.385 e. The topological polar surface area (TPSA) is 20.2 Å². The Bertz CT molecular complexity index is 550. The minimum absolute atomic E-state index is 0.0284. The maximum absolute atomic E-state index is 13.6. The molecule has 0 aromatic heterocycles. The highest BCUT2D eigenvalue weighted by molar-refractivity contribution is 5.28. The van der Waals surface area contributed by atoms with E-state index in [-0.39, 0.29) is 12.0 Å². The van der Waals surface area contributed by atoms with E-state index in [1.165, 1.54) is 25.1 Å². The highest BCUT2D eigenvalue weighted by Crippen LogP contribution is 2.28. The van der Waals surface area contributed by atoms with Gasteiger partial charge in [-0.05, 0) is 24.6 Å². The lowest BCUT2D eigenvalue weighted by Gasteiger charge is -2.24. The molecule has 0 saturated carbocycles. The molecule has 3 heteroatoms. The molecule has 94 valence electrons. The van der Waals surface area contributed by atoms with Crippen molar-refractivity contribution in [3.63, 3.8) is 0 Å². The quantitative estimate of drug-likeness (QED) is 0.882. The Hall–Kier alpha value is -1.74. The fraction of sp³-hybridized carbons (Fsp3) is 0.200. The third-order valence-corrected chi connectivity index (χ3v) is 2.95. The summed E-state index contributed by atoms with van der Waals surface area (Å²) in [5, 5.41) is 10.3. The Morgan fingerprint density at radius 3 is 2.11 bits per heavy atom. The van der Waals surface area contributed by atoms with Crippen LogP contribution in [0.25, 0.3) is 0 Å². The SMILES string of the molecule is CC(O)(Cc1ccccc1F)c1ccccc1F. The van der Waals surface area contributed by atoms with Crippen molar-refractivity contribution in [2.45, 2.75) is 18.9 Å². The molecule has 1 atom stereocenters. The van der Waals surface area contributed by atoms with E-state index in [1.807, 2.05) is 0 Å². The number of aliphatic hydroxyl groups is 1. The van der Waals surface area contributed by atoms with Gasteiger partial charge in [0.1, 0.15) is 11.6 Å². The van der Waals surface area contributed by atoms with Crippen molar-refractivity contribution in [2.24, 2.45) is 0 Å². The molecular formula is C15H14F2O. The summed E-state index contributed by atoms with van der Waals surface area (Å²) in [6.07, 6.45) is 0.0284. The lowest BCUT2D eigenvalue weighted by atomic mass is 9.88. The van der Waals surface area contributed by atoms with Crippen LogP contribution in [0.2, 0.25) is 0 Å². The van der Waals surface area contributed by atoms with Gasteiger partial charge in [0.25, 0.3) is 0 Å². The van der Waals surface area contributed by atoms with E-state index in [9.17, 15) is 13.9 Å². The zero-order valence-electron chi connectivity index (χ0n) is 10.0. The smallest absolute Gasteiger partial charge is 0.129 e. The molecule has 2 rings (SSSR count). The van der Waals surface area contributed by atoms with Crippen LogP contribution in [0.1, 0.15) is 18.1 Å². The number of hydrogen-bond donors (Lipinski definition) is 1. The molecule has 1 unspecified atom stereocenters. The second-order valence-electron chi connectivity index (χ2n) is 4.52. The Morgan fingerprint density at radius 2 is 1.50 bits per heavy atom. The van der Waals surface area contributed by atoms with Gasteiger partial charge in [0.2, 0.25) is 0 Å². The maximum atomic E-state index is 13.6. The summed E-state index contributed by atoms with van der Waals surface area (Å²) in [5.74, 6) is -0.882. The minimum atomic E-state index is -1.44. The summed E-state index contributed by atoms with van der Waals surface area (Å²) in [7, 11) is 0. The van der Waals surface area contributed by atoms with Crippen molar-refractivity contribution < 1.29 is 13.9 Å². The van der Waals surface area contributed by atoms with Crippen LogP contribution in [0.5, 0.6) is 0 Å². The first kappa shape index (κ1) is 12.7. The van der Waals surface area contributed by atoms with Gasteiger partial charge < -0.3 is 5.11 Å². The molecule has 0 aliphatic heterocycles. The van der Waals surface area contributed by atoms with Crippen molar-refractivity contribution in [1.29, 1.82) is 0 Å². The Morgan fingerprint density at radius 1 is 0.944 bits per heavy atom. The molecule has 0 aliphatic rings. The molecule has 0 fully saturated rings. The van der Waals surface area contributed by atoms with Gasteiger partial charge in [0.05, 0.1) is 5.60 Å². The van der Waals surface area contributed by atoms with E-state index in [0.717, 1.165) is 0 Å². The van der Waals surface area contributed by atoms with Crippen LogP contribution in [-0.4, -0.2) is 5.11 Å². The van der Waals surface area contributed by atoms with Gasteiger partial charge in [-0.25, -0.2) is 8.78 Å². The normalized spacial score (nSPS) is 14.2. The molecule has 0 bridgehead atoms. The molecule has 1 nitrogen and oxygen atoms in total. The first-order chi connectivity index (χ1) is 8.50. The standard InChI is InChI=1S/C15H14F2O/c1-15(18,12-7-3-5-9-14(12)17)10-11-6-2-4-8-13(11)16/h2-9,18H,10H2,1H3. The summed E-state index contributed by atoms with van der Waals surface area (Å²) in [5.41, 5.74) is -0.896. The van der Waals surface area contributed by atoms with E-state index >= 15 is 0 Å². The largest absolute Gasteiger partial charge is 0.385 e. The summed E-state index contributed by atoms with van der Waals surface area (Å²) in [6, 6.07) is 12.2. The first-order valence-electron chi connectivity index (χ1n) is 5.71. The van der Waals surface area contributed by atoms with Crippen LogP contribution in [0, 0.1) is 11.6 Å². The molecule has 0 aliphatic carbocycles. The lowest BCUT2D eigenvalue weighted by molar-refractivity contribution is 0.0529. The predicted molar refractivity (Wildman–Crippen MR) is 66.1 cm³/mol. The second-order valence-corrected chi connectivity index (χ2v) is 4.52. The molecule has 0 saturated heterocycles. The molecule has 2 aromatic rings. The van der Waals surface area contributed by atoms with E-state index in [4.69, 9.17) is 0 Å². The predicted octanol–water partition coefficient (Wildman–Crippen LogP) is 3.42. The molecule has 0 amide bonds. The fourth-order valence-corrected chi connectivity index (χ4v) is 2.01. The Balaban J connectivity index is 2.33.